The highest BCUT2D eigenvalue weighted by Crippen LogP contribution is 2.26. The molecule has 1 heterocycles. The number of pyridine rings is 1. The van der Waals surface area contributed by atoms with E-state index in [1.807, 2.05) is 0 Å². The molecule has 8 nitrogen and oxygen atoms in total. The van der Waals surface area contributed by atoms with Gasteiger partial charge in [0.1, 0.15) is 11.6 Å². The molecule has 2 rings (SSSR count). The third-order valence-corrected chi connectivity index (χ3v) is 3.90. The van der Waals surface area contributed by atoms with Gasteiger partial charge in [0.15, 0.2) is 0 Å². The fraction of sp³-hybridized carbons (Fsp3) is 0.316. The van der Waals surface area contributed by atoms with Gasteiger partial charge in [-0.3, -0.25) is 10.7 Å². The molecule has 150 valence electrons. The van der Waals surface area contributed by atoms with Crippen LogP contribution in [0.4, 0.5) is 20.7 Å². The molecular weight excluding hydrogens is 365 g/mol. The highest BCUT2D eigenvalue weighted by Gasteiger charge is 2.30. The lowest BCUT2D eigenvalue weighted by atomic mass is 9.92. The van der Waals surface area contributed by atoms with Crippen LogP contribution in [0.15, 0.2) is 36.5 Å². The lowest BCUT2D eigenvalue weighted by Gasteiger charge is -2.30. The Morgan fingerprint density at radius 3 is 2.57 bits per heavy atom. The predicted molar refractivity (Wildman–Crippen MR) is 105 cm³/mol. The summed E-state index contributed by atoms with van der Waals surface area (Å²) in [5.41, 5.74) is 5.66. The lowest BCUT2D eigenvalue weighted by molar-refractivity contribution is 0.0415. The Morgan fingerprint density at radius 1 is 1.39 bits per heavy atom. The van der Waals surface area contributed by atoms with Crippen molar-refractivity contribution in [2.45, 2.75) is 32.4 Å². The smallest absolute Gasteiger partial charge is 0.320 e. The number of rotatable bonds is 6. The van der Waals surface area contributed by atoms with Crippen LogP contribution in [0.1, 0.15) is 37.9 Å². The zero-order valence-electron chi connectivity index (χ0n) is 15.9. The Hall–Kier alpha value is -3.20. The Bertz CT molecular complexity index is 850. The highest BCUT2D eigenvalue weighted by molar-refractivity contribution is 5.97. The number of nitrogens with zero attached hydrogens (tertiary/aromatic N) is 1. The number of hydrogen-bond acceptors (Lipinski definition) is 6. The number of carbonyl (C=O) groups excluding carboxylic acids is 1. The Labute approximate surface area is 162 Å². The van der Waals surface area contributed by atoms with Gasteiger partial charge >= 0.3 is 6.03 Å². The molecule has 0 aliphatic rings. The van der Waals surface area contributed by atoms with E-state index in [1.165, 1.54) is 50.4 Å². The SMILES string of the molecule is CCOC(=N)c1cnc(NC(=O)NC(c2ccc(F)cc2)C(C)(C)O)cc1N. The van der Waals surface area contributed by atoms with E-state index in [0.29, 0.717) is 17.7 Å². The summed E-state index contributed by atoms with van der Waals surface area (Å²) >= 11 is 0. The van der Waals surface area contributed by atoms with Crippen LogP contribution < -0.4 is 16.4 Å². The number of nitrogen functional groups attached to an aromatic ring is 1. The third-order valence-electron chi connectivity index (χ3n) is 3.90. The largest absolute Gasteiger partial charge is 0.478 e. The van der Waals surface area contributed by atoms with Crippen LogP contribution in [0.5, 0.6) is 0 Å². The number of halogens is 1. The minimum absolute atomic E-state index is 0.109. The van der Waals surface area contributed by atoms with Gasteiger partial charge in [-0.1, -0.05) is 12.1 Å². The first-order valence-corrected chi connectivity index (χ1v) is 8.64. The number of benzene rings is 1. The van der Waals surface area contributed by atoms with E-state index >= 15 is 0 Å². The number of hydrogen-bond donors (Lipinski definition) is 5. The van der Waals surface area contributed by atoms with Gasteiger partial charge < -0.3 is 20.9 Å². The molecule has 1 aromatic heterocycles. The number of anilines is 2. The number of aromatic nitrogens is 1. The van der Waals surface area contributed by atoms with Gasteiger partial charge in [0.05, 0.1) is 23.8 Å². The van der Waals surface area contributed by atoms with E-state index in [9.17, 15) is 14.3 Å². The molecule has 1 atom stereocenters. The van der Waals surface area contributed by atoms with Gasteiger partial charge in [0, 0.05) is 18.0 Å². The summed E-state index contributed by atoms with van der Waals surface area (Å²) < 4.78 is 18.3. The standard InChI is InChI=1S/C19H24FN5O3/c1-4-28-17(22)13-10-23-15(9-14(13)21)24-18(26)25-16(19(2,3)27)11-5-7-12(20)8-6-11/h5-10,16,22,27H,4H2,1-3H3,(H4,21,23,24,25,26). The van der Waals surface area contributed by atoms with Crippen molar-refractivity contribution >= 4 is 23.4 Å². The van der Waals surface area contributed by atoms with Crippen molar-refractivity contribution in [1.29, 1.82) is 5.41 Å². The lowest BCUT2D eigenvalue weighted by Crippen LogP contribution is -2.44. The normalized spacial score (nSPS) is 12.2. The average Bonchev–Trinajstić information content (AvgIpc) is 2.60. The molecule has 0 saturated carbocycles. The highest BCUT2D eigenvalue weighted by atomic mass is 19.1. The maximum atomic E-state index is 13.2. The summed E-state index contributed by atoms with van der Waals surface area (Å²) in [6, 6.07) is 5.46. The zero-order chi connectivity index (χ0) is 20.9. The van der Waals surface area contributed by atoms with Gasteiger partial charge in [0.25, 0.3) is 0 Å². The van der Waals surface area contributed by atoms with E-state index in [4.69, 9.17) is 15.9 Å². The molecule has 1 aromatic carbocycles. The second-order valence-corrected chi connectivity index (χ2v) is 6.66. The molecule has 0 aliphatic carbocycles. The molecule has 2 amide bonds. The summed E-state index contributed by atoms with van der Waals surface area (Å²) in [6.07, 6.45) is 1.33. The van der Waals surface area contributed by atoms with Crippen molar-refractivity contribution in [1.82, 2.24) is 10.3 Å². The number of ether oxygens (including phenoxy) is 1. The van der Waals surface area contributed by atoms with Crippen LogP contribution >= 0.6 is 0 Å². The van der Waals surface area contributed by atoms with Crippen molar-refractivity contribution in [3.8, 4) is 0 Å². The summed E-state index contributed by atoms with van der Waals surface area (Å²) in [6.45, 7) is 5.14. The zero-order valence-corrected chi connectivity index (χ0v) is 15.9. The van der Waals surface area contributed by atoms with E-state index in [-0.39, 0.29) is 17.4 Å². The molecule has 0 saturated heterocycles. The number of urea groups is 1. The second kappa shape index (κ2) is 8.66. The van der Waals surface area contributed by atoms with E-state index < -0.39 is 23.5 Å². The Kier molecular flexibility index (Phi) is 6.53. The molecule has 0 fully saturated rings. The molecule has 0 spiro atoms. The molecule has 6 N–H and O–H groups in total. The fourth-order valence-corrected chi connectivity index (χ4v) is 2.56. The quantitative estimate of drug-likeness (QED) is 0.383. The fourth-order valence-electron chi connectivity index (χ4n) is 2.56. The first kappa shape index (κ1) is 21.1. The van der Waals surface area contributed by atoms with Gasteiger partial charge in [-0.25, -0.2) is 14.2 Å². The second-order valence-electron chi connectivity index (χ2n) is 6.66. The monoisotopic (exact) mass is 389 g/mol. The van der Waals surface area contributed by atoms with Crippen molar-refractivity contribution in [3.05, 3.63) is 53.5 Å². The third kappa shape index (κ3) is 5.40. The maximum Gasteiger partial charge on any atom is 0.320 e. The molecule has 0 aliphatic heterocycles. The number of nitrogens with two attached hydrogens (primary N) is 1. The van der Waals surface area contributed by atoms with Crippen LogP contribution in [-0.4, -0.2) is 34.2 Å². The van der Waals surface area contributed by atoms with Crippen molar-refractivity contribution in [3.63, 3.8) is 0 Å². The average molecular weight is 389 g/mol. The molecule has 2 aromatic rings. The minimum Gasteiger partial charge on any atom is -0.478 e. The predicted octanol–water partition coefficient (Wildman–Crippen LogP) is 2.80. The van der Waals surface area contributed by atoms with E-state index in [1.54, 1.807) is 6.92 Å². The molecule has 0 radical (unpaired) electrons. The van der Waals surface area contributed by atoms with Crippen molar-refractivity contribution < 1.29 is 19.0 Å². The van der Waals surface area contributed by atoms with Crippen LogP contribution in [0.25, 0.3) is 0 Å². The van der Waals surface area contributed by atoms with Crippen molar-refractivity contribution in [2.24, 2.45) is 0 Å². The van der Waals surface area contributed by atoms with Gasteiger partial charge in [-0.15, -0.1) is 0 Å². The summed E-state index contributed by atoms with van der Waals surface area (Å²) in [5.74, 6) is -0.362. The first-order chi connectivity index (χ1) is 13.1. The number of nitrogens with one attached hydrogen (secondary N) is 3. The molecule has 9 heteroatoms. The summed E-state index contributed by atoms with van der Waals surface area (Å²) in [7, 11) is 0. The minimum atomic E-state index is -1.31. The molecule has 28 heavy (non-hydrogen) atoms. The summed E-state index contributed by atoms with van der Waals surface area (Å²) in [5, 5.41) is 23.3. The Balaban J connectivity index is 2.13. The first-order valence-electron chi connectivity index (χ1n) is 8.64. The van der Waals surface area contributed by atoms with Gasteiger partial charge in [0.2, 0.25) is 5.90 Å². The van der Waals surface area contributed by atoms with Crippen molar-refractivity contribution in [2.75, 3.05) is 17.7 Å². The maximum absolute atomic E-state index is 13.2. The van der Waals surface area contributed by atoms with Crippen LogP contribution in [0, 0.1) is 11.2 Å². The number of amides is 2. The topological polar surface area (TPSA) is 133 Å². The van der Waals surface area contributed by atoms with Gasteiger partial charge in [-0.2, -0.15) is 0 Å². The number of aliphatic hydroxyl groups is 1. The molecule has 1 unspecified atom stereocenters. The van der Waals surface area contributed by atoms with E-state index in [2.05, 4.69) is 15.6 Å². The van der Waals surface area contributed by atoms with Crippen LogP contribution in [0.3, 0.4) is 0 Å². The Morgan fingerprint density at radius 2 is 2.04 bits per heavy atom. The summed E-state index contributed by atoms with van der Waals surface area (Å²) in [4.78, 5) is 16.4. The van der Waals surface area contributed by atoms with E-state index in [0.717, 1.165) is 0 Å². The van der Waals surface area contributed by atoms with Gasteiger partial charge in [-0.05, 0) is 38.5 Å². The van der Waals surface area contributed by atoms with Crippen LogP contribution in [0.2, 0.25) is 0 Å². The molecule has 0 bridgehead atoms. The van der Waals surface area contributed by atoms with Crippen LogP contribution in [-0.2, 0) is 4.74 Å². The number of carbonyl (C=O) groups is 1. The molecular formula is C19H24FN5O3.